The number of carbonyl (C=O) groups excluding carboxylic acids is 1. The Morgan fingerprint density at radius 1 is 1.40 bits per heavy atom. The van der Waals surface area contributed by atoms with Gasteiger partial charge < -0.3 is 20.2 Å². The molecular formula is C15H18N2O3. The third-order valence-electron chi connectivity index (χ3n) is 2.75. The van der Waals surface area contributed by atoms with Crippen LogP contribution in [0.2, 0.25) is 0 Å². The average Bonchev–Trinajstić information content (AvgIpc) is 2.95. The monoisotopic (exact) mass is 274 g/mol. The second-order valence-corrected chi connectivity index (χ2v) is 4.46. The van der Waals surface area contributed by atoms with Crippen LogP contribution in [0.3, 0.4) is 0 Å². The summed E-state index contributed by atoms with van der Waals surface area (Å²) >= 11 is 0. The molecule has 0 saturated heterocycles. The van der Waals surface area contributed by atoms with Crippen molar-refractivity contribution < 1.29 is 13.9 Å². The Labute approximate surface area is 117 Å². The number of carbonyl (C=O) groups is 1. The molecule has 0 fully saturated rings. The van der Waals surface area contributed by atoms with Gasteiger partial charge >= 0.3 is 0 Å². The fourth-order valence-corrected chi connectivity index (χ4v) is 1.72. The van der Waals surface area contributed by atoms with Gasteiger partial charge in [-0.25, -0.2) is 0 Å². The fraction of sp³-hybridized carbons (Fsp3) is 0.267. The van der Waals surface area contributed by atoms with Gasteiger partial charge in [0.05, 0.1) is 18.7 Å². The Kier molecular flexibility index (Phi) is 4.79. The second kappa shape index (κ2) is 6.77. The van der Waals surface area contributed by atoms with Crippen LogP contribution < -0.4 is 15.8 Å². The molecule has 1 amide bonds. The number of nitrogens with two attached hydrogens (primary N) is 1. The Hall–Kier alpha value is -2.27. The minimum absolute atomic E-state index is 0.123. The zero-order valence-corrected chi connectivity index (χ0v) is 11.3. The highest BCUT2D eigenvalue weighted by Crippen LogP contribution is 2.11. The molecule has 2 aromatic rings. The first-order valence-corrected chi connectivity index (χ1v) is 6.46. The van der Waals surface area contributed by atoms with Gasteiger partial charge in [0.15, 0.2) is 0 Å². The predicted molar refractivity (Wildman–Crippen MR) is 75.5 cm³/mol. The predicted octanol–water partition coefficient (Wildman–Crippen LogP) is 1.94. The Morgan fingerprint density at radius 2 is 2.15 bits per heavy atom. The zero-order chi connectivity index (χ0) is 14.4. The molecule has 0 aliphatic carbocycles. The van der Waals surface area contributed by atoms with Crippen molar-refractivity contribution >= 4 is 5.91 Å². The van der Waals surface area contributed by atoms with Crippen molar-refractivity contribution in [3.05, 3.63) is 54.0 Å². The molecule has 1 unspecified atom stereocenters. The molecule has 0 bridgehead atoms. The second-order valence-electron chi connectivity index (χ2n) is 4.46. The van der Waals surface area contributed by atoms with E-state index in [4.69, 9.17) is 14.9 Å². The fourth-order valence-electron chi connectivity index (χ4n) is 1.72. The van der Waals surface area contributed by atoms with Gasteiger partial charge in [-0.15, -0.1) is 0 Å². The minimum atomic E-state index is -0.197. The van der Waals surface area contributed by atoms with Crippen LogP contribution >= 0.6 is 0 Å². The van der Waals surface area contributed by atoms with Gasteiger partial charge in [0.1, 0.15) is 23.9 Å². The van der Waals surface area contributed by atoms with Crippen LogP contribution in [0.25, 0.3) is 0 Å². The standard InChI is InChI=1S/C15H18N2O3/c1-11(20-13-5-3-2-4-6-13)9-17-15(18)12-7-14(8-16)19-10-12/h2-7,10-11H,8-9,16H2,1H3,(H,17,18). The molecule has 0 spiro atoms. The van der Waals surface area contributed by atoms with Crippen molar-refractivity contribution in [2.24, 2.45) is 5.73 Å². The van der Waals surface area contributed by atoms with Crippen molar-refractivity contribution in [1.82, 2.24) is 5.32 Å². The third kappa shape index (κ3) is 3.86. The molecule has 5 nitrogen and oxygen atoms in total. The smallest absolute Gasteiger partial charge is 0.254 e. The van der Waals surface area contributed by atoms with Crippen LogP contribution in [0, 0.1) is 0 Å². The number of para-hydroxylation sites is 1. The van der Waals surface area contributed by atoms with Crippen molar-refractivity contribution in [2.75, 3.05) is 6.54 Å². The van der Waals surface area contributed by atoms with Crippen LogP contribution in [-0.2, 0) is 6.54 Å². The molecule has 1 atom stereocenters. The summed E-state index contributed by atoms with van der Waals surface area (Å²) in [7, 11) is 0. The first kappa shape index (κ1) is 14.1. The molecule has 2 rings (SSSR count). The number of benzene rings is 1. The van der Waals surface area contributed by atoms with Gasteiger partial charge in [-0.2, -0.15) is 0 Å². The van der Waals surface area contributed by atoms with Gasteiger partial charge in [-0.3, -0.25) is 4.79 Å². The van der Waals surface area contributed by atoms with Crippen molar-refractivity contribution in [2.45, 2.75) is 19.6 Å². The third-order valence-corrected chi connectivity index (χ3v) is 2.75. The zero-order valence-electron chi connectivity index (χ0n) is 11.3. The van der Waals surface area contributed by atoms with E-state index < -0.39 is 0 Å². The molecule has 3 N–H and O–H groups in total. The van der Waals surface area contributed by atoms with Crippen LogP contribution in [0.15, 0.2) is 47.1 Å². The summed E-state index contributed by atoms with van der Waals surface area (Å²) in [5.41, 5.74) is 5.90. The Balaban J connectivity index is 1.81. The highest BCUT2D eigenvalue weighted by atomic mass is 16.5. The lowest BCUT2D eigenvalue weighted by atomic mass is 10.3. The summed E-state index contributed by atoms with van der Waals surface area (Å²) in [6, 6.07) is 11.1. The molecule has 1 heterocycles. The van der Waals surface area contributed by atoms with Crippen LogP contribution in [0.4, 0.5) is 0 Å². The molecule has 0 aliphatic heterocycles. The normalized spacial score (nSPS) is 11.9. The summed E-state index contributed by atoms with van der Waals surface area (Å²) in [5, 5.41) is 2.79. The van der Waals surface area contributed by atoms with Gasteiger partial charge in [-0.05, 0) is 25.1 Å². The van der Waals surface area contributed by atoms with Crippen molar-refractivity contribution in [3.63, 3.8) is 0 Å². The average molecular weight is 274 g/mol. The SMILES string of the molecule is CC(CNC(=O)c1coc(CN)c1)Oc1ccccc1. The van der Waals surface area contributed by atoms with Crippen molar-refractivity contribution in [3.8, 4) is 5.75 Å². The molecule has 5 heteroatoms. The summed E-state index contributed by atoms with van der Waals surface area (Å²) in [6.45, 7) is 2.59. The van der Waals surface area contributed by atoms with E-state index in [9.17, 15) is 4.79 Å². The van der Waals surface area contributed by atoms with Crippen molar-refractivity contribution in [1.29, 1.82) is 0 Å². The van der Waals surface area contributed by atoms with E-state index in [2.05, 4.69) is 5.32 Å². The topological polar surface area (TPSA) is 77.5 Å². The lowest BCUT2D eigenvalue weighted by Crippen LogP contribution is -2.33. The van der Waals surface area contributed by atoms with Crippen LogP contribution in [0.5, 0.6) is 5.75 Å². The number of hydrogen-bond acceptors (Lipinski definition) is 4. The van der Waals surface area contributed by atoms with Gasteiger partial charge in [0.25, 0.3) is 5.91 Å². The van der Waals surface area contributed by atoms with E-state index in [-0.39, 0.29) is 18.6 Å². The molecule has 20 heavy (non-hydrogen) atoms. The molecule has 0 radical (unpaired) electrons. The van der Waals surface area contributed by atoms with Gasteiger partial charge in [0.2, 0.25) is 0 Å². The molecule has 0 aliphatic rings. The van der Waals surface area contributed by atoms with E-state index in [1.807, 2.05) is 37.3 Å². The number of nitrogens with one attached hydrogen (secondary N) is 1. The van der Waals surface area contributed by atoms with Gasteiger partial charge in [-0.1, -0.05) is 18.2 Å². The Bertz CT molecular complexity index is 551. The summed E-state index contributed by atoms with van der Waals surface area (Å²) in [5.74, 6) is 1.17. The molecular weight excluding hydrogens is 256 g/mol. The lowest BCUT2D eigenvalue weighted by Gasteiger charge is -2.15. The van der Waals surface area contributed by atoms with Crippen LogP contribution in [0.1, 0.15) is 23.0 Å². The van der Waals surface area contributed by atoms with E-state index in [1.54, 1.807) is 6.07 Å². The number of furan rings is 1. The number of hydrogen-bond donors (Lipinski definition) is 2. The molecule has 1 aromatic carbocycles. The van der Waals surface area contributed by atoms with E-state index in [1.165, 1.54) is 6.26 Å². The van der Waals surface area contributed by atoms with Gasteiger partial charge in [0, 0.05) is 0 Å². The van der Waals surface area contributed by atoms with Crippen LogP contribution in [-0.4, -0.2) is 18.6 Å². The maximum absolute atomic E-state index is 11.9. The summed E-state index contributed by atoms with van der Waals surface area (Å²) < 4.78 is 10.8. The molecule has 106 valence electrons. The van der Waals surface area contributed by atoms with E-state index in [0.29, 0.717) is 17.9 Å². The quantitative estimate of drug-likeness (QED) is 0.843. The maximum Gasteiger partial charge on any atom is 0.254 e. The number of ether oxygens (including phenoxy) is 1. The number of amides is 1. The highest BCUT2D eigenvalue weighted by molar-refractivity contribution is 5.93. The highest BCUT2D eigenvalue weighted by Gasteiger charge is 2.11. The summed E-state index contributed by atoms with van der Waals surface area (Å²) in [6.07, 6.45) is 1.28. The molecule has 1 aromatic heterocycles. The van der Waals surface area contributed by atoms with E-state index in [0.717, 1.165) is 5.75 Å². The number of rotatable bonds is 6. The summed E-state index contributed by atoms with van der Waals surface area (Å²) in [4.78, 5) is 11.9. The first-order valence-electron chi connectivity index (χ1n) is 6.46. The first-order chi connectivity index (χ1) is 9.69. The van der Waals surface area contributed by atoms with E-state index >= 15 is 0 Å². The molecule has 0 saturated carbocycles. The Morgan fingerprint density at radius 3 is 2.80 bits per heavy atom. The lowest BCUT2D eigenvalue weighted by molar-refractivity contribution is 0.0931. The minimum Gasteiger partial charge on any atom is -0.489 e. The largest absolute Gasteiger partial charge is 0.489 e. The maximum atomic E-state index is 11.9.